The molecular formula is C38H78NO3PS2. The molecule has 0 radical (unpaired) electrons. The average molecular weight is 692 g/mol. The molecule has 0 aromatic carbocycles. The molecule has 0 bridgehead atoms. The Morgan fingerprint density at radius 1 is 0.556 bits per heavy atom. The van der Waals surface area contributed by atoms with Crippen molar-refractivity contribution in [1.82, 2.24) is 0 Å². The normalized spacial score (nSPS) is 13.0. The molecule has 0 saturated carbocycles. The zero-order valence-electron chi connectivity index (χ0n) is 30.1. The van der Waals surface area contributed by atoms with Crippen LogP contribution in [0, 0.1) is 0 Å². The first-order chi connectivity index (χ1) is 22.0. The number of rotatable bonds is 35. The lowest BCUT2D eigenvalue weighted by atomic mass is 10.1. The monoisotopic (exact) mass is 692 g/mol. The summed E-state index contributed by atoms with van der Waals surface area (Å²) in [6.07, 6.45) is 46.3. The molecule has 1 unspecified atom stereocenters. The first kappa shape index (κ1) is 47.4. The molecule has 45 heavy (non-hydrogen) atoms. The van der Waals surface area contributed by atoms with Gasteiger partial charge in [-0.3, -0.25) is 0 Å². The Hall–Kier alpha value is 0.320. The van der Waals surface area contributed by atoms with E-state index in [0.29, 0.717) is 13.2 Å². The third-order valence-corrected chi connectivity index (χ3v) is 12.4. The highest BCUT2D eigenvalue weighted by Crippen LogP contribution is 2.56. The molecule has 1 atom stereocenters. The summed E-state index contributed by atoms with van der Waals surface area (Å²) in [5, 5.41) is 7.75. The number of allylic oxidation sites excluding steroid dienone is 4. The molecule has 0 aromatic rings. The second kappa shape index (κ2) is 42.3. The summed E-state index contributed by atoms with van der Waals surface area (Å²) in [6, 6.07) is 0. The van der Waals surface area contributed by atoms with Crippen molar-refractivity contribution in [1.29, 1.82) is 0 Å². The molecule has 0 rings (SSSR count). The van der Waals surface area contributed by atoms with E-state index in [4.69, 9.17) is 27.2 Å². The van der Waals surface area contributed by atoms with Crippen molar-refractivity contribution in [2.75, 3.05) is 25.5 Å². The van der Waals surface area contributed by atoms with E-state index < -0.39 is 5.69 Å². The molecule has 4 N–H and O–H groups in total. The third kappa shape index (κ3) is 46.5. The highest BCUT2D eigenvalue weighted by Gasteiger charge is 2.13. The second-order valence-corrected chi connectivity index (χ2v) is 18.8. The van der Waals surface area contributed by atoms with Crippen molar-refractivity contribution in [2.24, 2.45) is 5.73 Å². The molecule has 0 aromatic heterocycles. The highest BCUT2D eigenvalue weighted by molar-refractivity contribution is 8.67. The van der Waals surface area contributed by atoms with Gasteiger partial charge in [0, 0.05) is 12.3 Å². The number of aliphatic hydroxyl groups is 1. The predicted molar refractivity (Wildman–Crippen MR) is 210 cm³/mol. The lowest BCUT2D eigenvalue weighted by molar-refractivity contribution is 0.306. The van der Waals surface area contributed by atoms with Gasteiger partial charge in [-0.05, 0) is 76.0 Å². The lowest BCUT2D eigenvalue weighted by Gasteiger charge is -2.14. The summed E-state index contributed by atoms with van der Waals surface area (Å²) in [6.45, 7) is 5.65. The Morgan fingerprint density at radius 3 is 1.22 bits per heavy atom. The van der Waals surface area contributed by atoms with Crippen molar-refractivity contribution < 1.29 is 14.5 Å². The number of nitrogens with two attached hydrogens (primary N) is 1. The summed E-state index contributed by atoms with van der Waals surface area (Å²) >= 11 is 6.86. The van der Waals surface area contributed by atoms with Crippen LogP contribution in [0.3, 0.4) is 0 Å². The van der Waals surface area contributed by atoms with E-state index in [1.807, 2.05) is 0 Å². The summed E-state index contributed by atoms with van der Waals surface area (Å²) in [4.78, 5) is 10.4. The molecule has 0 saturated heterocycles. The van der Waals surface area contributed by atoms with Crippen LogP contribution >= 0.6 is 17.1 Å². The topological polar surface area (TPSA) is 75.7 Å². The van der Waals surface area contributed by atoms with Crippen LogP contribution in [0.15, 0.2) is 24.3 Å². The SMILES string of the molecule is CCCCCCCC/C=C\CCCCCCCCOP(O)(=S)SCCCCCCCC/C=C\CCCCCCCC.NCCO. The Balaban J connectivity index is 0. The third-order valence-electron chi connectivity index (χ3n) is 7.95. The second-order valence-electron chi connectivity index (χ2n) is 12.5. The van der Waals surface area contributed by atoms with E-state index in [1.165, 1.54) is 178 Å². The maximum absolute atomic E-state index is 10.4. The minimum Gasteiger partial charge on any atom is -0.395 e. The Morgan fingerprint density at radius 2 is 0.867 bits per heavy atom. The van der Waals surface area contributed by atoms with Gasteiger partial charge in [0.05, 0.1) is 13.2 Å². The van der Waals surface area contributed by atoms with E-state index in [-0.39, 0.29) is 6.61 Å². The predicted octanol–water partition coefficient (Wildman–Crippen LogP) is 13.0. The molecule has 0 heterocycles. The molecule has 0 aliphatic heterocycles. The van der Waals surface area contributed by atoms with Crippen LogP contribution in [0.5, 0.6) is 0 Å². The van der Waals surface area contributed by atoms with Crippen molar-refractivity contribution >= 4 is 28.9 Å². The van der Waals surface area contributed by atoms with Gasteiger partial charge in [0.25, 0.3) is 0 Å². The van der Waals surface area contributed by atoms with Crippen LogP contribution in [0.25, 0.3) is 0 Å². The van der Waals surface area contributed by atoms with Crippen LogP contribution < -0.4 is 5.73 Å². The van der Waals surface area contributed by atoms with Crippen LogP contribution in [-0.2, 0) is 16.3 Å². The standard InChI is InChI=1S/C36H71O2PS2.C2H7NO/c1-3-5-7-9-11-13-15-17-19-21-23-25-27-29-31-33-35-38-39(37,40)41-36-34-32-30-28-26-24-22-20-18-16-14-12-10-8-6-4-2;3-1-2-4/h17-20H,3-16,21-36H2,1-2H3,(H,37,40);4H,1-3H2/b19-17-,20-18-;. The van der Waals surface area contributed by atoms with Gasteiger partial charge in [-0.2, -0.15) is 0 Å². The molecule has 0 fully saturated rings. The van der Waals surface area contributed by atoms with Gasteiger partial charge in [0.1, 0.15) is 0 Å². The summed E-state index contributed by atoms with van der Waals surface area (Å²) in [5.74, 6) is 0.933. The van der Waals surface area contributed by atoms with Gasteiger partial charge < -0.3 is 20.3 Å². The summed E-state index contributed by atoms with van der Waals surface area (Å²) < 4.78 is 5.71. The van der Waals surface area contributed by atoms with Gasteiger partial charge in [0.2, 0.25) is 5.69 Å². The van der Waals surface area contributed by atoms with Crippen LogP contribution in [0.1, 0.15) is 194 Å². The summed E-state index contributed by atoms with van der Waals surface area (Å²) in [7, 11) is 0. The molecule has 0 aliphatic rings. The largest absolute Gasteiger partial charge is 0.395 e. The van der Waals surface area contributed by atoms with Crippen molar-refractivity contribution in [3.63, 3.8) is 0 Å². The fourth-order valence-electron chi connectivity index (χ4n) is 5.10. The fraction of sp³-hybridized carbons (Fsp3) is 0.895. The van der Waals surface area contributed by atoms with Crippen molar-refractivity contribution in [2.45, 2.75) is 194 Å². The maximum atomic E-state index is 10.4. The van der Waals surface area contributed by atoms with Crippen LogP contribution in [0.4, 0.5) is 0 Å². The minimum atomic E-state index is -2.64. The van der Waals surface area contributed by atoms with E-state index >= 15 is 0 Å². The molecule has 7 heteroatoms. The van der Waals surface area contributed by atoms with Gasteiger partial charge in [-0.25, -0.2) is 0 Å². The van der Waals surface area contributed by atoms with E-state index in [9.17, 15) is 4.89 Å². The Bertz CT molecular complexity index is 598. The molecule has 270 valence electrons. The smallest absolute Gasteiger partial charge is 0.244 e. The molecule has 0 amide bonds. The fourth-order valence-corrected chi connectivity index (χ4v) is 8.52. The van der Waals surface area contributed by atoms with Crippen LogP contribution in [0.2, 0.25) is 0 Å². The van der Waals surface area contributed by atoms with Gasteiger partial charge in [0.15, 0.2) is 0 Å². The maximum Gasteiger partial charge on any atom is 0.244 e. The molecule has 0 spiro atoms. The zero-order chi connectivity index (χ0) is 33.4. The van der Waals surface area contributed by atoms with Gasteiger partial charge >= 0.3 is 0 Å². The molecule has 4 nitrogen and oxygen atoms in total. The number of hydrogen-bond acceptors (Lipinski definition) is 5. The van der Waals surface area contributed by atoms with Crippen LogP contribution in [-0.4, -0.2) is 35.5 Å². The van der Waals surface area contributed by atoms with E-state index in [1.54, 1.807) is 0 Å². The minimum absolute atomic E-state index is 0.0972. The van der Waals surface area contributed by atoms with E-state index in [2.05, 4.69) is 38.2 Å². The van der Waals surface area contributed by atoms with Gasteiger partial charge in [-0.1, -0.05) is 165 Å². The molecular weight excluding hydrogens is 614 g/mol. The molecule has 0 aliphatic carbocycles. The highest BCUT2D eigenvalue weighted by atomic mass is 32.9. The lowest BCUT2D eigenvalue weighted by Crippen LogP contribution is -2.02. The Kier molecular flexibility index (Phi) is 44.6. The quantitative estimate of drug-likeness (QED) is 0.0349. The zero-order valence-corrected chi connectivity index (χ0v) is 32.6. The van der Waals surface area contributed by atoms with Crippen molar-refractivity contribution in [3.8, 4) is 0 Å². The number of unbranched alkanes of at least 4 members (excludes halogenated alkanes) is 24. The number of hydrogen-bond donors (Lipinski definition) is 3. The first-order valence-electron chi connectivity index (χ1n) is 19.3. The van der Waals surface area contributed by atoms with Crippen molar-refractivity contribution in [3.05, 3.63) is 24.3 Å². The average Bonchev–Trinajstić information content (AvgIpc) is 3.04. The van der Waals surface area contributed by atoms with Gasteiger partial charge in [-0.15, -0.1) is 0 Å². The Labute approximate surface area is 291 Å². The number of aliphatic hydroxyl groups excluding tert-OH is 1. The first-order valence-corrected chi connectivity index (χ1v) is 23.5. The summed E-state index contributed by atoms with van der Waals surface area (Å²) in [5.41, 5.74) is 2.14. The van der Waals surface area contributed by atoms with E-state index in [0.717, 1.165) is 18.6 Å².